The van der Waals surface area contributed by atoms with Crippen molar-refractivity contribution in [3.8, 4) is 11.5 Å². The summed E-state index contributed by atoms with van der Waals surface area (Å²) in [6.45, 7) is 11.8. The minimum atomic E-state index is -3.54. The average molecular weight is 671 g/mol. The van der Waals surface area contributed by atoms with Gasteiger partial charge < -0.3 is 29.8 Å². The van der Waals surface area contributed by atoms with E-state index in [1.165, 1.54) is 42.5 Å². The molecule has 0 bridgehead atoms. The van der Waals surface area contributed by atoms with Crippen molar-refractivity contribution in [3.05, 3.63) is 89.5 Å². The van der Waals surface area contributed by atoms with E-state index < -0.39 is 28.7 Å². The number of nitrogen functional groups attached to an aromatic ring is 2. The van der Waals surface area contributed by atoms with Crippen molar-refractivity contribution in [2.75, 3.05) is 24.7 Å². The summed E-state index contributed by atoms with van der Waals surface area (Å²) >= 11 is 0. The van der Waals surface area contributed by atoms with Crippen LogP contribution in [0.15, 0.2) is 72.8 Å². The Morgan fingerprint density at radius 3 is 2.15 bits per heavy atom. The fourth-order valence-corrected chi connectivity index (χ4v) is 13.0. The molecule has 0 saturated heterocycles. The molecule has 11 heteroatoms. The number of rotatable bonds is 18. The first-order valence-electron chi connectivity index (χ1n) is 15.7. The van der Waals surface area contributed by atoms with E-state index >= 15 is 0 Å². The first-order chi connectivity index (χ1) is 21.6. The van der Waals surface area contributed by atoms with Gasteiger partial charge in [0, 0.05) is 17.5 Å². The number of esters is 1. The highest BCUT2D eigenvalue weighted by Crippen LogP contribution is 2.33. The molecule has 0 spiro atoms. The normalized spacial score (nSPS) is 12.3. The lowest BCUT2D eigenvalue weighted by Gasteiger charge is -2.31. The summed E-state index contributed by atoms with van der Waals surface area (Å²) in [5.41, 5.74) is 14.5. The van der Waals surface area contributed by atoms with E-state index in [1.54, 1.807) is 24.3 Å². The number of carbonyl (C=O) groups is 1. The SMILES string of the molecule is C[Si](C)(C)O[Si](C)(C)CCCOc1ccc(C(F)(F)Oc2ccc(C=CC(=O)OCCCCCc3ccc(N)cc3N)cc2)cc1. The molecular formula is C35H48F2N2O5Si2. The van der Waals surface area contributed by atoms with Crippen molar-refractivity contribution in [2.45, 2.75) is 77.0 Å². The van der Waals surface area contributed by atoms with Crippen LogP contribution in [0.3, 0.4) is 0 Å². The highest BCUT2D eigenvalue weighted by molar-refractivity contribution is 6.84. The van der Waals surface area contributed by atoms with E-state index in [1.807, 2.05) is 12.1 Å². The second kappa shape index (κ2) is 16.8. The van der Waals surface area contributed by atoms with Crippen LogP contribution in [0.25, 0.3) is 6.08 Å². The van der Waals surface area contributed by atoms with Crippen LogP contribution in [0.4, 0.5) is 20.2 Å². The van der Waals surface area contributed by atoms with Gasteiger partial charge in [0.2, 0.25) is 0 Å². The molecule has 3 rings (SSSR count). The first-order valence-corrected chi connectivity index (χ1v) is 22.2. The van der Waals surface area contributed by atoms with Crippen LogP contribution in [-0.2, 0) is 26.2 Å². The summed E-state index contributed by atoms with van der Waals surface area (Å²) in [5.74, 6) is 0.0571. The van der Waals surface area contributed by atoms with Crippen LogP contribution >= 0.6 is 0 Å². The molecule has 0 amide bonds. The number of nitrogens with two attached hydrogens (primary N) is 2. The molecule has 0 aromatic heterocycles. The van der Waals surface area contributed by atoms with Crippen LogP contribution in [0.1, 0.15) is 42.4 Å². The van der Waals surface area contributed by atoms with Crippen molar-refractivity contribution >= 4 is 40.1 Å². The highest BCUT2D eigenvalue weighted by Gasteiger charge is 2.34. The van der Waals surface area contributed by atoms with E-state index in [-0.39, 0.29) is 11.3 Å². The molecule has 4 N–H and O–H groups in total. The van der Waals surface area contributed by atoms with Crippen LogP contribution < -0.4 is 20.9 Å². The molecule has 0 saturated carbocycles. The Hall–Kier alpha value is -3.68. The lowest BCUT2D eigenvalue weighted by molar-refractivity contribution is -0.185. The average Bonchev–Trinajstić information content (AvgIpc) is 2.96. The first kappa shape index (κ1) is 36.8. The van der Waals surface area contributed by atoms with Gasteiger partial charge in [-0.2, -0.15) is 8.78 Å². The third-order valence-corrected chi connectivity index (χ3v) is 13.2. The van der Waals surface area contributed by atoms with Crippen molar-refractivity contribution < 1.29 is 31.9 Å². The number of halogens is 2. The van der Waals surface area contributed by atoms with Gasteiger partial charge in [-0.05, 0) is 137 Å². The fourth-order valence-electron chi connectivity index (χ4n) is 4.99. The predicted molar refractivity (Wildman–Crippen MR) is 187 cm³/mol. The van der Waals surface area contributed by atoms with Crippen LogP contribution in [0.5, 0.6) is 11.5 Å². The maximum atomic E-state index is 14.9. The maximum absolute atomic E-state index is 14.9. The Bertz CT molecular complexity index is 1430. The minimum absolute atomic E-state index is 0.00176. The Kier molecular flexibility index (Phi) is 13.4. The van der Waals surface area contributed by atoms with Gasteiger partial charge in [-0.15, -0.1) is 0 Å². The summed E-state index contributed by atoms with van der Waals surface area (Å²) in [5, 5.41) is 0. The summed E-state index contributed by atoms with van der Waals surface area (Å²) in [6.07, 6.45) is 3.57. The summed E-state index contributed by atoms with van der Waals surface area (Å²) in [7, 11) is -3.33. The molecule has 46 heavy (non-hydrogen) atoms. The number of anilines is 2. The topological polar surface area (TPSA) is 106 Å². The Labute approximate surface area is 274 Å². The zero-order valence-electron chi connectivity index (χ0n) is 27.6. The van der Waals surface area contributed by atoms with Crippen molar-refractivity contribution in [1.82, 2.24) is 0 Å². The molecule has 0 aliphatic heterocycles. The lowest BCUT2D eigenvalue weighted by atomic mass is 10.0. The van der Waals surface area contributed by atoms with Gasteiger partial charge in [-0.25, -0.2) is 4.79 Å². The van der Waals surface area contributed by atoms with Crippen LogP contribution in [0.2, 0.25) is 38.8 Å². The zero-order valence-corrected chi connectivity index (χ0v) is 29.6. The molecule has 0 heterocycles. The molecule has 0 radical (unpaired) electrons. The number of benzene rings is 3. The van der Waals surface area contributed by atoms with Gasteiger partial charge >= 0.3 is 12.1 Å². The van der Waals surface area contributed by atoms with Gasteiger partial charge in [-0.3, -0.25) is 0 Å². The number of ether oxygens (including phenoxy) is 3. The molecule has 7 nitrogen and oxygen atoms in total. The van der Waals surface area contributed by atoms with Gasteiger partial charge in [0.15, 0.2) is 16.6 Å². The zero-order chi connectivity index (χ0) is 33.8. The maximum Gasteiger partial charge on any atom is 0.426 e. The Morgan fingerprint density at radius 1 is 0.826 bits per heavy atom. The van der Waals surface area contributed by atoms with Gasteiger partial charge in [0.05, 0.1) is 18.8 Å². The second-order valence-electron chi connectivity index (χ2n) is 12.9. The van der Waals surface area contributed by atoms with E-state index in [2.05, 4.69) is 32.7 Å². The second-order valence-corrected chi connectivity index (χ2v) is 22.0. The van der Waals surface area contributed by atoms with E-state index in [4.69, 9.17) is 29.8 Å². The number of hydrogen-bond donors (Lipinski definition) is 2. The molecular weight excluding hydrogens is 623 g/mol. The van der Waals surface area contributed by atoms with E-state index in [0.29, 0.717) is 35.9 Å². The Morgan fingerprint density at radius 2 is 1.50 bits per heavy atom. The van der Waals surface area contributed by atoms with Gasteiger partial charge in [-0.1, -0.05) is 18.2 Å². The number of carbonyl (C=O) groups excluding carboxylic acids is 1. The van der Waals surface area contributed by atoms with Crippen molar-refractivity contribution in [2.24, 2.45) is 0 Å². The number of unbranched alkanes of at least 4 members (excludes halogenated alkanes) is 2. The summed E-state index contributed by atoms with van der Waals surface area (Å²) in [4.78, 5) is 12.1. The fraction of sp³-hybridized carbons (Fsp3) is 0.400. The van der Waals surface area contributed by atoms with E-state index in [9.17, 15) is 13.6 Å². The third-order valence-electron chi connectivity index (χ3n) is 7.01. The number of aryl methyl sites for hydroxylation is 1. The van der Waals surface area contributed by atoms with Gasteiger partial charge in [0.25, 0.3) is 0 Å². The monoisotopic (exact) mass is 670 g/mol. The molecule has 3 aromatic carbocycles. The molecule has 3 aromatic rings. The largest absolute Gasteiger partial charge is 0.494 e. The molecule has 0 fully saturated rings. The lowest BCUT2D eigenvalue weighted by Crippen LogP contribution is -2.42. The number of alkyl halides is 2. The van der Waals surface area contributed by atoms with Crippen molar-refractivity contribution in [1.29, 1.82) is 0 Å². The van der Waals surface area contributed by atoms with E-state index in [0.717, 1.165) is 43.7 Å². The van der Waals surface area contributed by atoms with Crippen LogP contribution in [0, 0.1) is 0 Å². The predicted octanol–water partition coefficient (Wildman–Crippen LogP) is 8.77. The molecule has 0 aliphatic carbocycles. The Balaban J connectivity index is 1.37. The smallest absolute Gasteiger partial charge is 0.426 e. The standard InChI is InChI=1S/C35H48F2N2O5Si2/c1-45(2,3)44-46(4,5)25-9-24-41-31-20-15-29(16-21-31)35(36,37)43-32-18-11-27(12-19-32)13-22-34(40)42-23-8-6-7-10-28-14-17-30(38)26-33(28)39/h11-22,26H,6-10,23-25,38-39H2,1-5H3. The van der Waals surface area contributed by atoms with Gasteiger partial charge in [0.1, 0.15) is 11.5 Å². The molecule has 250 valence electrons. The van der Waals surface area contributed by atoms with Crippen LogP contribution in [-0.4, -0.2) is 35.8 Å². The third kappa shape index (κ3) is 13.4. The number of hydrogen-bond acceptors (Lipinski definition) is 7. The van der Waals surface area contributed by atoms with Crippen molar-refractivity contribution in [3.63, 3.8) is 0 Å². The molecule has 0 aliphatic rings. The summed E-state index contributed by atoms with van der Waals surface area (Å²) in [6, 6.07) is 18.2. The molecule has 0 atom stereocenters. The molecule has 0 unspecified atom stereocenters. The highest BCUT2D eigenvalue weighted by atomic mass is 28.4. The summed E-state index contributed by atoms with van der Waals surface area (Å²) < 4.78 is 52.1. The minimum Gasteiger partial charge on any atom is -0.494 e. The quantitative estimate of drug-likeness (QED) is 0.0458.